The number of amides is 1. The van der Waals surface area contributed by atoms with Crippen LogP contribution in [-0.4, -0.2) is 11.9 Å². The van der Waals surface area contributed by atoms with E-state index in [4.69, 9.17) is 0 Å². The first-order valence-electron chi connectivity index (χ1n) is 5.28. The molecule has 1 aliphatic heterocycles. The standard InChI is InChI=1S/C12H16N2O/c1-8-3-5-10(6-4-8)7-11-9(2)13-14-12(11)15/h3-6,9,11,13H,7H2,1-2H3,(H,14,15). The van der Waals surface area contributed by atoms with Gasteiger partial charge in [-0.1, -0.05) is 29.8 Å². The number of hydrazine groups is 1. The molecule has 0 radical (unpaired) electrons. The monoisotopic (exact) mass is 204 g/mol. The summed E-state index contributed by atoms with van der Waals surface area (Å²) in [5.74, 6) is 0.149. The lowest BCUT2D eigenvalue weighted by atomic mass is 9.94. The maximum absolute atomic E-state index is 11.5. The zero-order valence-electron chi connectivity index (χ0n) is 9.08. The van der Waals surface area contributed by atoms with Crippen LogP contribution in [0, 0.1) is 12.8 Å². The quantitative estimate of drug-likeness (QED) is 0.759. The van der Waals surface area contributed by atoms with Crippen LogP contribution in [0.4, 0.5) is 0 Å². The second-order valence-corrected chi connectivity index (χ2v) is 4.22. The molecular weight excluding hydrogens is 188 g/mol. The highest BCUT2D eigenvalue weighted by atomic mass is 16.2. The van der Waals surface area contributed by atoms with Crippen LogP contribution in [0.15, 0.2) is 24.3 Å². The predicted molar refractivity (Wildman–Crippen MR) is 59.1 cm³/mol. The predicted octanol–water partition coefficient (Wildman–Crippen LogP) is 1.18. The first-order chi connectivity index (χ1) is 7.16. The summed E-state index contributed by atoms with van der Waals surface area (Å²) in [4.78, 5) is 11.5. The summed E-state index contributed by atoms with van der Waals surface area (Å²) < 4.78 is 0. The van der Waals surface area contributed by atoms with E-state index in [-0.39, 0.29) is 17.9 Å². The molecule has 1 saturated heterocycles. The van der Waals surface area contributed by atoms with E-state index >= 15 is 0 Å². The maximum Gasteiger partial charge on any atom is 0.239 e. The van der Waals surface area contributed by atoms with Crippen molar-refractivity contribution in [3.05, 3.63) is 35.4 Å². The molecule has 1 aromatic carbocycles. The highest BCUT2D eigenvalue weighted by molar-refractivity contribution is 5.81. The molecule has 80 valence electrons. The van der Waals surface area contributed by atoms with Gasteiger partial charge >= 0.3 is 0 Å². The van der Waals surface area contributed by atoms with Crippen molar-refractivity contribution in [2.24, 2.45) is 5.92 Å². The van der Waals surface area contributed by atoms with Crippen LogP contribution in [0.2, 0.25) is 0 Å². The Morgan fingerprint density at radius 3 is 2.47 bits per heavy atom. The van der Waals surface area contributed by atoms with Crippen LogP contribution < -0.4 is 10.9 Å². The van der Waals surface area contributed by atoms with Gasteiger partial charge in [0.15, 0.2) is 0 Å². The smallest absolute Gasteiger partial charge is 0.239 e. The zero-order chi connectivity index (χ0) is 10.8. The molecule has 1 amide bonds. The van der Waals surface area contributed by atoms with E-state index in [1.807, 2.05) is 6.92 Å². The lowest BCUT2D eigenvalue weighted by Gasteiger charge is -2.11. The van der Waals surface area contributed by atoms with Crippen molar-refractivity contribution in [1.29, 1.82) is 0 Å². The molecule has 0 aliphatic carbocycles. The number of carbonyl (C=O) groups excluding carboxylic acids is 1. The first kappa shape index (κ1) is 10.2. The van der Waals surface area contributed by atoms with Crippen LogP contribution in [-0.2, 0) is 11.2 Å². The van der Waals surface area contributed by atoms with Crippen LogP contribution in [0.5, 0.6) is 0 Å². The Hall–Kier alpha value is -1.35. The number of hydrogen-bond donors (Lipinski definition) is 2. The molecule has 0 bridgehead atoms. The molecule has 2 rings (SSSR count). The number of rotatable bonds is 2. The number of nitrogens with one attached hydrogen (secondary N) is 2. The van der Waals surface area contributed by atoms with Crippen molar-refractivity contribution >= 4 is 5.91 Å². The normalized spacial score (nSPS) is 25.3. The van der Waals surface area contributed by atoms with Crippen LogP contribution in [0.3, 0.4) is 0 Å². The van der Waals surface area contributed by atoms with Crippen molar-refractivity contribution in [2.75, 3.05) is 0 Å². The van der Waals surface area contributed by atoms with Crippen molar-refractivity contribution in [2.45, 2.75) is 26.3 Å². The zero-order valence-corrected chi connectivity index (χ0v) is 9.08. The summed E-state index contributed by atoms with van der Waals surface area (Å²) in [7, 11) is 0. The molecule has 15 heavy (non-hydrogen) atoms. The van der Waals surface area contributed by atoms with Gasteiger partial charge < -0.3 is 0 Å². The van der Waals surface area contributed by atoms with E-state index < -0.39 is 0 Å². The fraction of sp³-hybridized carbons (Fsp3) is 0.417. The van der Waals surface area contributed by atoms with Crippen molar-refractivity contribution in [1.82, 2.24) is 10.9 Å². The Morgan fingerprint density at radius 2 is 1.93 bits per heavy atom. The highest BCUT2D eigenvalue weighted by Gasteiger charge is 2.30. The minimum atomic E-state index is 0.0488. The van der Waals surface area contributed by atoms with E-state index in [0.717, 1.165) is 6.42 Å². The van der Waals surface area contributed by atoms with E-state index in [1.54, 1.807) is 0 Å². The number of aryl methyl sites for hydroxylation is 1. The number of carbonyl (C=O) groups is 1. The minimum Gasteiger partial charge on any atom is -0.291 e. The average Bonchev–Trinajstić information content (AvgIpc) is 2.53. The molecule has 3 nitrogen and oxygen atoms in total. The van der Waals surface area contributed by atoms with Gasteiger partial charge in [0, 0.05) is 6.04 Å². The molecule has 0 aromatic heterocycles. The van der Waals surface area contributed by atoms with E-state index in [9.17, 15) is 4.79 Å². The van der Waals surface area contributed by atoms with Gasteiger partial charge in [0.1, 0.15) is 0 Å². The van der Waals surface area contributed by atoms with Crippen LogP contribution >= 0.6 is 0 Å². The lowest BCUT2D eigenvalue weighted by molar-refractivity contribution is -0.122. The Bertz CT molecular complexity index is 358. The Morgan fingerprint density at radius 1 is 1.27 bits per heavy atom. The Kier molecular flexibility index (Phi) is 2.73. The molecule has 1 heterocycles. The Labute approximate surface area is 89.8 Å². The van der Waals surface area contributed by atoms with Crippen molar-refractivity contribution < 1.29 is 4.79 Å². The molecule has 2 unspecified atom stereocenters. The van der Waals surface area contributed by atoms with Crippen molar-refractivity contribution in [3.8, 4) is 0 Å². The molecule has 1 fully saturated rings. The fourth-order valence-electron chi connectivity index (χ4n) is 1.85. The topological polar surface area (TPSA) is 41.1 Å². The molecule has 3 heteroatoms. The van der Waals surface area contributed by atoms with Gasteiger partial charge in [-0.25, -0.2) is 5.43 Å². The fourth-order valence-corrected chi connectivity index (χ4v) is 1.85. The average molecular weight is 204 g/mol. The second-order valence-electron chi connectivity index (χ2n) is 4.22. The van der Waals surface area contributed by atoms with E-state index in [1.165, 1.54) is 11.1 Å². The SMILES string of the molecule is Cc1ccc(CC2C(=O)NNC2C)cc1. The summed E-state index contributed by atoms with van der Waals surface area (Å²) in [5, 5.41) is 0. The summed E-state index contributed by atoms with van der Waals surface area (Å²) in [6.45, 7) is 4.09. The van der Waals surface area contributed by atoms with Gasteiger partial charge in [-0.15, -0.1) is 0 Å². The van der Waals surface area contributed by atoms with Gasteiger partial charge in [0.25, 0.3) is 0 Å². The van der Waals surface area contributed by atoms with Gasteiger partial charge in [-0.3, -0.25) is 10.2 Å². The summed E-state index contributed by atoms with van der Waals surface area (Å²) in [6, 6.07) is 8.56. The van der Waals surface area contributed by atoms with E-state index in [0.29, 0.717) is 0 Å². The molecule has 0 spiro atoms. The van der Waals surface area contributed by atoms with Crippen molar-refractivity contribution in [3.63, 3.8) is 0 Å². The third-order valence-electron chi connectivity index (χ3n) is 2.94. The minimum absolute atomic E-state index is 0.0488. The second kappa shape index (κ2) is 4.03. The van der Waals surface area contributed by atoms with E-state index in [2.05, 4.69) is 42.0 Å². The van der Waals surface area contributed by atoms with Crippen LogP contribution in [0.25, 0.3) is 0 Å². The first-order valence-corrected chi connectivity index (χ1v) is 5.28. The summed E-state index contributed by atoms with van der Waals surface area (Å²) in [6.07, 6.45) is 0.806. The summed E-state index contributed by atoms with van der Waals surface area (Å²) >= 11 is 0. The molecule has 1 aliphatic rings. The van der Waals surface area contributed by atoms with Gasteiger partial charge in [-0.2, -0.15) is 0 Å². The molecule has 2 N–H and O–H groups in total. The van der Waals surface area contributed by atoms with Gasteiger partial charge in [-0.05, 0) is 25.8 Å². The highest BCUT2D eigenvalue weighted by Crippen LogP contribution is 2.16. The molecule has 1 aromatic rings. The number of hydrogen-bond acceptors (Lipinski definition) is 2. The number of benzene rings is 1. The Balaban J connectivity index is 2.08. The maximum atomic E-state index is 11.5. The molecular formula is C12H16N2O. The van der Waals surface area contributed by atoms with Crippen LogP contribution in [0.1, 0.15) is 18.1 Å². The molecule has 2 atom stereocenters. The summed E-state index contributed by atoms with van der Waals surface area (Å²) in [5.41, 5.74) is 8.08. The largest absolute Gasteiger partial charge is 0.291 e. The molecule has 0 saturated carbocycles. The van der Waals surface area contributed by atoms with Gasteiger partial charge in [0.05, 0.1) is 5.92 Å². The lowest BCUT2D eigenvalue weighted by Crippen LogP contribution is -2.29. The third-order valence-corrected chi connectivity index (χ3v) is 2.94. The third kappa shape index (κ3) is 2.18. The van der Waals surface area contributed by atoms with Gasteiger partial charge in [0.2, 0.25) is 5.91 Å².